The van der Waals surface area contributed by atoms with Crippen molar-refractivity contribution in [2.24, 2.45) is 0 Å². The Morgan fingerprint density at radius 1 is 0.431 bits per heavy atom. The maximum absolute atomic E-state index is 6.00. The number of benzene rings is 4. The fraction of sp³-hybridized carbons (Fsp3) is 0.0833. The van der Waals surface area contributed by atoms with Crippen molar-refractivity contribution in [1.29, 1.82) is 10.8 Å². The van der Waals surface area contributed by atoms with Crippen LogP contribution >= 0.6 is 0 Å². The van der Waals surface area contributed by atoms with Crippen molar-refractivity contribution < 1.29 is 18.9 Å². The van der Waals surface area contributed by atoms with E-state index in [1.54, 1.807) is 28.4 Å². The average Bonchev–Trinajstić information content (AvgIpc) is 4.09. The van der Waals surface area contributed by atoms with Crippen molar-refractivity contribution in [2.75, 3.05) is 28.4 Å². The molecule has 2 N–H and O–H groups in total. The van der Waals surface area contributed by atoms with E-state index in [1.165, 1.54) is 0 Å². The van der Waals surface area contributed by atoms with Gasteiger partial charge in [-0.3, -0.25) is 0 Å². The first-order valence-corrected chi connectivity index (χ1v) is 18.5. The molecule has 0 aliphatic carbocycles. The number of fused-ring (bicyclic) bond motifs is 8. The number of rotatable bonds is 8. The SMILES string of the molecule is COc1ccc(C2=Cc3cc4ccc(cc5nc(cc6[nH]c(c(-c7ccc(OC)cc7)c2n3)c(-c2ccc(OC)cc2)c6-c2ccc(OC)cc2)C=C5)[nH]4)cc1.N#N. The number of hydrogen-bond acceptors (Lipinski definition) is 8. The molecule has 0 atom stereocenters. The van der Waals surface area contributed by atoms with Crippen molar-refractivity contribution in [1.82, 2.24) is 19.9 Å². The number of aromatic nitrogens is 4. The average molecular weight is 763 g/mol. The molecule has 2 aliphatic heterocycles. The molecule has 0 fully saturated rings. The van der Waals surface area contributed by atoms with Crippen LogP contribution in [0.25, 0.3) is 79.2 Å². The van der Waals surface area contributed by atoms with E-state index in [1.807, 2.05) is 60.7 Å². The second-order valence-electron chi connectivity index (χ2n) is 13.5. The monoisotopic (exact) mass is 762 g/mol. The van der Waals surface area contributed by atoms with Crippen molar-refractivity contribution >= 4 is 45.9 Å². The molecule has 5 heterocycles. The van der Waals surface area contributed by atoms with Gasteiger partial charge in [-0.1, -0.05) is 48.5 Å². The van der Waals surface area contributed by atoms with Crippen LogP contribution in [0.1, 0.15) is 28.3 Å². The molecule has 284 valence electrons. The standard InChI is InChI=1S/C48H38N4O4.N2/c1-53-38-17-5-29(6-18-38)42-27-37-26-35-14-13-33(49-35)25-34-15-16-36(50-34)28-43-44(30-7-19-39(54-2)20-8-30)45(31-9-21-40(55-3)22-10-31)48(52-43)46(47(42)51-37)32-11-23-41(56-4)24-12-32;1-2/h5-28,49,52H,1-4H3;. The van der Waals surface area contributed by atoms with Crippen molar-refractivity contribution in [2.45, 2.75) is 0 Å². The number of methoxy groups -OCH3 is 4. The van der Waals surface area contributed by atoms with Crippen molar-refractivity contribution in [3.05, 3.63) is 156 Å². The summed E-state index contributed by atoms with van der Waals surface area (Å²) in [6, 6.07) is 43.1. The summed E-state index contributed by atoms with van der Waals surface area (Å²) < 4.78 is 22.4. The van der Waals surface area contributed by atoms with E-state index in [0.717, 1.165) is 112 Å². The van der Waals surface area contributed by atoms with E-state index < -0.39 is 0 Å². The molecule has 4 aromatic carbocycles. The molecule has 0 unspecified atom stereocenters. The number of nitrogens with zero attached hydrogens (tertiary/aromatic N) is 4. The Bertz CT molecular complexity index is 2870. The highest BCUT2D eigenvalue weighted by molar-refractivity contribution is 6.11. The van der Waals surface area contributed by atoms with E-state index in [2.05, 4.69) is 94.9 Å². The third-order valence-electron chi connectivity index (χ3n) is 10.2. The number of nitrogens with one attached hydrogen (secondary N) is 2. The molecule has 2 aliphatic rings. The Morgan fingerprint density at radius 3 is 1.36 bits per heavy atom. The molecule has 10 heteroatoms. The lowest BCUT2D eigenvalue weighted by Gasteiger charge is -2.13. The third kappa shape index (κ3) is 7.16. The number of H-pyrrole nitrogens is 2. The van der Waals surface area contributed by atoms with Crippen LogP contribution in [-0.2, 0) is 0 Å². The highest BCUT2D eigenvalue weighted by atomic mass is 16.5. The highest BCUT2D eigenvalue weighted by Crippen LogP contribution is 2.46. The maximum Gasteiger partial charge on any atom is 0.118 e. The summed E-state index contributed by atoms with van der Waals surface area (Å²) in [6.07, 6.45) is 6.24. The Balaban J connectivity index is 0.00000231. The Kier molecular flexibility index (Phi) is 10.3. The summed E-state index contributed by atoms with van der Waals surface area (Å²) in [7, 11) is 6.72. The van der Waals surface area contributed by atoms with Crippen LogP contribution in [0.2, 0.25) is 0 Å². The zero-order valence-electron chi connectivity index (χ0n) is 32.3. The quantitative estimate of drug-likeness (QED) is 0.146. The second kappa shape index (κ2) is 16.1. The van der Waals surface area contributed by atoms with Gasteiger partial charge in [0.15, 0.2) is 0 Å². The smallest absolute Gasteiger partial charge is 0.118 e. The molecule has 0 amide bonds. The molecule has 7 aromatic rings. The first-order chi connectivity index (χ1) is 28.5. The molecule has 8 bridgehead atoms. The Labute approximate surface area is 335 Å². The molecule has 0 saturated carbocycles. The van der Waals surface area contributed by atoms with Crippen molar-refractivity contribution in [3.8, 4) is 56.4 Å². The topological polar surface area (TPSA) is 142 Å². The van der Waals surface area contributed by atoms with Crippen molar-refractivity contribution in [3.63, 3.8) is 0 Å². The number of aromatic amines is 2. The fourth-order valence-corrected chi connectivity index (χ4v) is 7.39. The Hall–Kier alpha value is -7.90. The summed E-state index contributed by atoms with van der Waals surface area (Å²) >= 11 is 0. The second-order valence-corrected chi connectivity index (χ2v) is 13.5. The molecular weight excluding hydrogens is 725 g/mol. The van der Waals surface area contributed by atoms with E-state index in [0.29, 0.717) is 0 Å². The van der Waals surface area contributed by atoms with E-state index in [4.69, 9.17) is 39.7 Å². The number of hydrogen-bond donors (Lipinski definition) is 2. The van der Waals surface area contributed by atoms with E-state index >= 15 is 0 Å². The van der Waals surface area contributed by atoms with Crippen LogP contribution in [0.3, 0.4) is 0 Å². The van der Waals surface area contributed by atoms with Gasteiger partial charge in [0.05, 0.1) is 56.7 Å². The number of ether oxygens (including phenoxy) is 4. The van der Waals surface area contributed by atoms with Crippen LogP contribution in [0.15, 0.2) is 127 Å². The van der Waals surface area contributed by atoms with Crippen LogP contribution in [-0.4, -0.2) is 48.4 Å². The summed E-state index contributed by atoms with van der Waals surface area (Å²) in [5.41, 5.74) is 14.8. The zero-order chi connectivity index (χ0) is 40.2. The molecule has 0 spiro atoms. The fourth-order valence-electron chi connectivity index (χ4n) is 7.39. The lowest BCUT2D eigenvalue weighted by atomic mass is 9.91. The zero-order valence-corrected chi connectivity index (χ0v) is 32.3. The summed E-state index contributed by atoms with van der Waals surface area (Å²) in [6.45, 7) is 0. The molecule has 58 heavy (non-hydrogen) atoms. The normalized spacial score (nSPS) is 11.6. The first-order valence-electron chi connectivity index (χ1n) is 18.5. The van der Waals surface area contributed by atoms with E-state index in [9.17, 15) is 0 Å². The summed E-state index contributed by atoms with van der Waals surface area (Å²) in [4.78, 5) is 18.0. The van der Waals surface area contributed by atoms with Crippen LogP contribution in [0.4, 0.5) is 0 Å². The van der Waals surface area contributed by atoms with Crippen LogP contribution in [0, 0.1) is 10.8 Å². The van der Waals surface area contributed by atoms with Gasteiger partial charge < -0.3 is 28.9 Å². The largest absolute Gasteiger partial charge is 0.497 e. The molecule has 10 nitrogen and oxygen atoms in total. The minimum absolute atomic E-state index is 0.759. The van der Waals surface area contributed by atoms with Crippen LogP contribution < -0.4 is 18.9 Å². The van der Waals surface area contributed by atoms with Gasteiger partial charge in [0.1, 0.15) is 23.0 Å². The van der Waals surface area contributed by atoms with Gasteiger partial charge in [0.2, 0.25) is 0 Å². The minimum Gasteiger partial charge on any atom is -0.497 e. The van der Waals surface area contributed by atoms with Gasteiger partial charge in [0, 0.05) is 49.6 Å². The first kappa shape index (κ1) is 37.0. The highest BCUT2D eigenvalue weighted by Gasteiger charge is 2.25. The lowest BCUT2D eigenvalue weighted by molar-refractivity contribution is 0.414. The molecule has 0 saturated heterocycles. The van der Waals surface area contributed by atoms with Crippen LogP contribution in [0.5, 0.6) is 23.0 Å². The molecule has 9 rings (SSSR count). The molecule has 0 radical (unpaired) electrons. The summed E-state index contributed by atoms with van der Waals surface area (Å²) in [5, 5.41) is 12.0. The maximum atomic E-state index is 6.00. The van der Waals surface area contributed by atoms with Gasteiger partial charge >= 0.3 is 0 Å². The lowest BCUT2D eigenvalue weighted by Crippen LogP contribution is -1.94. The van der Waals surface area contributed by atoms with Gasteiger partial charge in [0.25, 0.3) is 0 Å². The molecular formula is C48H38N6O4. The van der Waals surface area contributed by atoms with Gasteiger partial charge in [-0.25, -0.2) is 9.97 Å². The minimum atomic E-state index is 0.759. The predicted molar refractivity (Wildman–Crippen MR) is 229 cm³/mol. The van der Waals surface area contributed by atoms with Gasteiger partial charge in [-0.05, 0) is 119 Å². The third-order valence-corrected chi connectivity index (χ3v) is 10.2. The van der Waals surface area contributed by atoms with Gasteiger partial charge in [-0.2, -0.15) is 0 Å². The van der Waals surface area contributed by atoms with Gasteiger partial charge in [-0.15, -0.1) is 0 Å². The Morgan fingerprint density at radius 2 is 0.862 bits per heavy atom. The summed E-state index contributed by atoms with van der Waals surface area (Å²) in [5.74, 6) is 3.08. The van der Waals surface area contributed by atoms with E-state index in [-0.39, 0.29) is 0 Å². The predicted octanol–water partition coefficient (Wildman–Crippen LogP) is 11.1. The molecule has 3 aromatic heterocycles.